The van der Waals surface area contributed by atoms with Gasteiger partial charge in [0.1, 0.15) is 0 Å². The van der Waals surface area contributed by atoms with Gasteiger partial charge in [0, 0.05) is 0 Å². The molecule has 1 spiro atoms. The highest BCUT2D eigenvalue weighted by atomic mass is 15.0. The summed E-state index contributed by atoms with van der Waals surface area (Å²) in [5.41, 5.74) is 0.906. The Balaban J connectivity index is 0.0000000637. The minimum absolute atomic E-state index is 0.906. The van der Waals surface area contributed by atoms with E-state index in [9.17, 15) is 0 Å². The minimum atomic E-state index is 0.906. The molecule has 0 saturated heterocycles. The molecule has 0 amide bonds. The summed E-state index contributed by atoms with van der Waals surface area (Å²) in [6, 6.07) is 0. The summed E-state index contributed by atoms with van der Waals surface area (Å²) in [4.78, 5) is 0. The van der Waals surface area contributed by atoms with E-state index in [4.69, 9.17) is 0 Å². The van der Waals surface area contributed by atoms with Gasteiger partial charge in [-0.3, -0.25) is 0 Å². The third-order valence-electron chi connectivity index (χ3n) is 49.7. The number of hydrogen-bond acceptors (Lipinski definition) is 0. The van der Waals surface area contributed by atoms with E-state index in [2.05, 4.69) is 0 Å². The van der Waals surface area contributed by atoms with Gasteiger partial charge in [0.05, 0.1) is 0 Å². The Morgan fingerprint density at radius 1 is 0.130 bits per heavy atom. The van der Waals surface area contributed by atoms with E-state index in [1.54, 1.807) is 353 Å². The van der Waals surface area contributed by atoms with Crippen molar-refractivity contribution in [3.05, 3.63) is 0 Å². The maximum Gasteiger partial charge on any atom is -0.0266 e. The van der Waals surface area contributed by atoms with Crippen molar-refractivity contribution in [3.8, 4) is 0 Å². The zero-order valence-corrected chi connectivity index (χ0v) is 69.4. The Hall–Kier alpha value is 0. The summed E-state index contributed by atoms with van der Waals surface area (Å²) in [6.07, 6.45) is 87.9. The predicted molar refractivity (Wildman–Crippen MR) is 438 cm³/mol. The molecular weight excluding hydrogens is 1300 g/mol. The van der Waals surface area contributed by atoms with Gasteiger partial charge in [0.25, 0.3) is 0 Å². The van der Waals surface area contributed by atoms with Crippen molar-refractivity contribution in [1.29, 1.82) is 0 Å². The summed E-state index contributed by atoms with van der Waals surface area (Å²) in [7, 11) is 0. The Labute approximate surface area is 662 Å². The first kappa shape index (κ1) is 67.8. The van der Waals surface area contributed by atoms with Gasteiger partial charge in [0.2, 0.25) is 0 Å². The van der Waals surface area contributed by atoms with Crippen LogP contribution in [0.3, 0.4) is 0 Å². The molecule has 594 valence electrons. The Morgan fingerprint density at radius 3 is 0.769 bits per heavy atom. The largest absolute Gasteiger partial charge is 0.0530 e. The minimum Gasteiger partial charge on any atom is -0.0530 e. The topological polar surface area (TPSA) is 0 Å². The fraction of sp³-hybridized carbons (Fsp3) is 1.00. The number of hydrogen-bond donors (Lipinski definition) is 0. The highest BCUT2D eigenvalue weighted by Gasteiger charge is 2.98. The summed E-state index contributed by atoms with van der Waals surface area (Å²) < 4.78 is 0. The highest BCUT2D eigenvalue weighted by Crippen LogP contribution is 3.01. The van der Waals surface area contributed by atoms with Crippen LogP contribution < -0.4 is 0 Å². The first-order valence-electron chi connectivity index (χ1n) is 53.4. The molecule has 45 aliphatic rings. The van der Waals surface area contributed by atoms with Crippen molar-refractivity contribution >= 4 is 0 Å². The molecule has 0 aromatic rings. The van der Waals surface area contributed by atoms with Crippen molar-refractivity contribution in [1.82, 2.24) is 0 Å². The molecule has 0 nitrogen and oxygen atoms in total. The zero-order valence-electron chi connectivity index (χ0n) is 69.4. The molecule has 23 unspecified atom stereocenters. The summed E-state index contributed by atoms with van der Waals surface area (Å²) in [5, 5.41) is 0. The molecule has 45 aliphatic carbocycles. The first-order valence-corrected chi connectivity index (χ1v) is 53.4. The van der Waals surface area contributed by atoms with Crippen molar-refractivity contribution in [2.45, 2.75) is 353 Å². The van der Waals surface area contributed by atoms with Crippen molar-refractivity contribution < 1.29 is 0 Å². The van der Waals surface area contributed by atoms with E-state index in [1.807, 2.05) is 0 Å². The summed E-state index contributed by atoms with van der Waals surface area (Å²) in [6.45, 7) is 0. The van der Waals surface area contributed by atoms with Crippen LogP contribution in [0, 0.1) is 313 Å². The second-order valence-corrected chi connectivity index (χ2v) is 52.6. The maximum absolute atomic E-state index is 1.64. The van der Waals surface area contributed by atoms with Gasteiger partial charge < -0.3 is 0 Å². The van der Waals surface area contributed by atoms with Gasteiger partial charge in [-0.2, -0.15) is 0 Å². The van der Waals surface area contributed by atoms with Crippen LogP contribution in [-0.2, 0) is 0 Å². The molecule has 45 saturated carbocycles. The number of fused-ring (bicyclic) bond motifs is 28. The van der Waals surface area contributed by atoms with E-state index < -0.39 is 0 Å². The molecule has 0 heterocycles. The fourth-order valence-electron chi connectivity index (χ4n) is 46.0. The lowest BCUT2D eigenvalue weighted by Gasteiger charge is -3.03. The highest BCUT2D eigenvalue weighted by molar-refractivity contribution is 5.44. The molecule has 23 atom stereocenters. The van der Waals surface area contributed by atoms with Crippen LogP contribution in [0.1, 0.15) is 353 Å². The lowest BCUT2D eigenvalue weighted by molar-refractivity contribution is -0.565. The molecule has 0 N–H and O–H groups in total. The third-order valence-corrected chi connectivity index (χ3v) is 49.7. The van der Waals surface area contributed by atoms with Gasteiger partial charge in [-0.15, -0.1) is 0 Å². The van der Waals surface area contributed by atoms with Gasteiger partial charge in [-0.1, -0.05) is 51.4 Å². The Bertz CT molecular complexity index is 2970. The van der Waals surface area contributed by atoms with Crippen LogP contribution in [0.15, 0.2) is 0 Å². The normalized spacial score (nSPS) is 66.0. The van der Waals surface area contributed by atoms with Crippen LogP contribution in [0.25, 0.3) is 0 Å². The fourth-order valence-corrected chi connectivity index (χ4v) is 46.0. The van der Waals surface area contributed by atoms with Crippen LogP contribution in [0.5, 0.6) is 0 Å². The quantitative estimate of drug-likeness (QED) is 0.212. The predicted octanol–water partition coefficient (Wildman–Crippen LogP) is 27.9. The molecule has 45 rings (SSSR count). The van der Waals surface area contributed by atoms with Crippen LogP contribution in [-0.4, -0.2) is 0 Å². The van der Waals surface area contributed by atoms with E-state index in [1.165, 1.54) is 302 Å². The molecule has 32 bridgehead atoms. The maximum atomic E-state index is 1.64. The Kier molecular flexibility index (Phi) is 16.0. The second-order valence-electron chi connectivity index (χ2n) is 52.6. The molecular formula is C108H162. The number of rotatable bonds is 0. The molecule has 0 aromatic heterocycles. The smallest absolute Gasteiger partial charge is 0.0266 e. The lowest BCUT2D eigenvalue weighted by Crippen LogP contribution is -3.00. The second kappa shape index (κ2) is 25.5. The average Bonchev–Trinajstić information content (AvgIpc) is 1.04. The zero-order chi connectivity index (χ0) is 69.4. The molecule has 45 fully saturated rings. The standard InChI is InChI=1S/C12H18.2C11H18.2C10H16.2C9H14.C8H8.C8H12.2C7H10.C6H8/c1-2-8-5-7(1)11-9-3-4-10(6-9)12(8)11;1-3-9-7-10-4-2-6-11(10,5-1)8-9;1-2-4-10-9-5-6-11(10)8(3-1)7-9;1-7-2-9-4-8(1)5-10(3-7)6-9;1-2-9-7-4-5-8(6-7)10(9)3-1;1-6-2-8-4-7(1)5-9(8)3-6;1-2-7-5-6(1)8-3-4-9(7)8;1-2-5-3(1)7-4(1)6(2)8(5)7;1-2-6-3-5(1)7-4-8(6)7;1-4-2-6-5(1)7(6)3-4;1-2-4-6-5(3-1)7(4)6;1-2-4-5-3(1)6(4)5/h7-12H,1-6H2;9-10H,1-8H2;8-11H,1-7H2;2*7-10H,1-6H2;2*6-9H,1-5H2;1-8H;5-8H,1-4H2;2*4-7H,1-3H2;3-6H,1-2H2. The van der Waals surface area contributed by atoms with Gasteiger partial charge in [-0.05, 0) is 615 Å². The van der Waals surface area contributed by atoms with E-state index in [0.717, 1.165) is 11.3 Å². The van der Waals surface area contributed by atoms with Gasteiger partial charge in [-0.25, -0.2) is 0 Å². The molecule has 0 radical (unpaired) electrons. The SMILES string of the molecule is C12C3C4C1C1C2C3C41.C1C2CC3C1C3C2.C1C2CC3CC1CC(C2)C3.C1C2CC3CC1CC3C2.C1CC2C3C(C1)C23.C1CC2C3C1C23.C1CC2C3CCC(C3)C2C1.C1CC2CC1C1C3CCC(C3)C21.C1CC2CC1C1CC21.C1CC2CC1C1CCC21.C1CC2CC3CCCC3(C1)C2.C1CCC2C3CCC2C(C1)C3. The summed E-state index contributed by atoms with van der Waals surface area (Å²) in [5.74, 6) is 64.3. The van der Waals surface area contributed by atoms with Crippen LogP contribution in [0.2, 0.25) is 0 Å². The average molecular weight is 1460 g/mol. The van der Waals surface area contributed by atoms with E-state index in [-0.39, 0.29) is 0 Å². The van der Waals surface area contributed by atoms with Gasteiger partial charge in [0.15, 0.2) is 0 Å². The lowest BCUT2D eigenvalue weighted by atomic mass is 9.01. The Morgan fingerprint density at radius 2 is 0.417 bits per heavy atom. The van der Waals surface area contributed by atoms with Crippen molar-refractivity contribution in [2.75, 3.05) is 0 Å². The molecule has 0 heteroatoms. The van der Waals surface area contributed by atoms with Crippen LogP contribution >= 0.6 is 0 Å². The van der Waals surface area contributed by atoms with E-state index >= 15 is 0 Å². The van der Waals surface area contributed by atoms with Crippen molar-refractivity contribution in [2.24, 2.45) is 313 Å². The van der Waals surface area contributed by atoms with Crippen LogP contribution in [0.4, 0.5) is 0 Å². The molecule has 108 heavy (non-hydrogen) atoms. The third kappa shape index (κ3) is 10.6. The van der Waals surface area contributed by atoms with Crippen molar-refractivity contribution in [3.63, 3.8) is 0 Å². The first-order chi connectivity index (χ1) is 53.4. The van der Waals surface area contributed by atoms with Gasteiger partial charge >= 0.3 is 0 Å². The molecule has 0 aromatic carbocycles. The monoisotopic (exact) mass is 1460 g/mol. The molecule has 0 aliphatic heterocycles. The van der Waals surface area contributed by atoms with E-state index in [0.29, 0.717) is 0 Å². The summed E-state index contributed by atoms with van der Waals surface area (Å²) >= 11 is 0.